The Kier molecular flexibility index (Phi) is 3.92. The first-order valence-corrected chi connectivity index (χ1v) is 9.60. The molecule has 2 aliphatic heterocycles. The monoisotopic (exact) mass is 392 g/mol. The molecule has 1 atom stereocenters. The molecule has 1 aliphatic carbocycles. The number of benzene rings is 1. The van der Waals surface area contributed by atoms with Crippen molar-refractivity contribution in [2.75, 3.05) is 29.9 Å². The largest absolute Gasteiger partial charge is 0.409 e. The van der Waals surface area contributed by atoms with E-state index < -0.39 is 33.0 Å². The summed E-state index contributed by atoms with van der Waals surface area (Å²) in [4.78, 5) is 0.577. The van der Waals surface area contributed by atoms with Gasteiger partial charge in [0.05, 0.1) is 11.4 Å². The predicted molar refractivity (Wildman–Crippen MR) is 87.4 cm³/mol. The SMILES string of the molecule is O=S1(=O)N=C(C2CC2)Nc2c(N3CCNC[C@@H]3C(F)(F)F)cc(F)cc21. The normalized spacial score (nSPS) is 25.3. The summed E-state index contributed by atoms with van der Waals surface area (Å²) in [5, 5.41) is 5.53. The fourth-order valence-electron chi connectivity index (χ4n) is 3.27. The van der Waals surface area contributed by atoms with Crippen LogP contribution in [0.4, 0.5) is 28.9 Å². The molecule has 0 radical (unpaired) electrons. The summed E-state index contributed by atoms with van der Waals surface area (Å²) in [5.74, 6) is -0.769. The Hall–Kier alpha value is -1.88. The van der Waals surface area contributed by atoms with Crippen LogP contribution in [0.5, 0.6) is 0 Å². The van der Waals surface area contributed by atoms with Crippen LogP contribution in [-0.4, -0.2) is 46.1 Å². The van der Waals surface area contributed by atoms with Crippen LogP contribution < -0.4 is 15.5 Å². The van der Waals surface area contributed by atoms with Gasteiger partial charge in [-0.25, -0.2) is 4.39 Å². The first kappa shape index (κ1) is 17.5. The molecule has 2 heterocycles. The average Bonchev–Trinajstić information content (AvgIpc) is 3.38. The van der Waals surface area contributed by atoms with E-state index in [2.05, 4.69) is 15.0 Å². The number of amidine groups is 1. The highest BCUT2D eigenvalue weighted by molar-refractivity contribution is 7.90. The van der Waals surface area contributed by atoms with Gasteiger partial charge in [0.25, 0.3) is 10.0 Å². The molecule has 0 aromatic heterocycles. The van der Waals surface area contributed by atoms with Crippen molar-refractivity contribution in [3.05, 3.63) is 17.9 Å². The molecular weight excluding hydrogens is 376 g/mol. The summed E-state index contributed by atoms with van der Waals surface area (Å²) in [6.45, 7) is -0.114. The third kappa shape index (κ3) is 3.02. The minimum atomic E-state index is -4.55. The second-order valence-corrected chi connectivity index (χ2v) is 8.18. The maximum absolute atomic E-state index is 14.1. The number of anilines is 2. The van der Waals surface area contributed by atoms with E-state index in [1.165, 1.54) is 0 Å². The number of hydrogen-bond acceptors (Lipinski definition) is 5. The number of nitrogens with zero attached hydrogens (tertiary/aromatic N) is 2. The molecule has 1 aromatic rings. The maximum Gasteiger partial charge on any atom is 0.409 e. The summed E-state index contributed by atoms with van der Waals surface area (Å²) in [6.07, 6.45) is -3.04. The minimum Gasteiger partial charge on any atom is -0.356 e. The van der Waals surface area contributed by atoms with E-state index in [9.17, 15) is 26.0 Å². The number of nitrogens with one attached hydrogen (secondary N) is 2. The van der Waals surface area contributed by atoms with Gasteiger partial charge in [-0.15, -0.1) is 4.40 Å². The molecule has 2 fully saturated rings. The third-order valence-corrected chi connectivity index (χ3v) is 6.01. The lowest BCUT2D eigenvalue weighted by Crippen LogP contribution is -2.58. The lowest BCUT2D eigenvalue weighted by molar-refractivity contribution is -0.149. The number of alkyl halides is 3. The average molecular weight is 392 g/mol. The van der Waals surface area contributed by atoms with Crippen molar-refractivity contribution in [1.82, 2.24) is 5.32 Å². The molecule has 11 heteroatoms. The van der Waals surface area contributed by atoms with Crippen molar-refractivity contribution >= 4 is 27.2 Å². The molecule has 2 N–H and O–H groups in total. The van der Waals surface area contributed by atoms with Crippen LogP contribution >= 0.6 is 0 Å². The zero-order chi connectivity index (χ0) is 18.7. The van der Waals surface area contributed by atoms with E-state index in [-0.39, 0.29) is 42.8 Å². The molecule has 0 unspecified atom stereocenters. The highest BCUT2D eigenvalue weighted by atomic mass is 32.2. The first-order valence-electron chi connectivity index (χ1n) is 8.16. The van der Waals surface area contributed by atoms with Crippen LogP contribution in [-0.2, 0) is 10.0 Å². The van der Waals surface area contributed by atoms with Crippen LogP contribution in [0, 0.1) is 11.7 Å². The summed E-state index contributed by atoms with van der Waals surface area (Å²) in [7, 11) is -4.17. The highest BCUT2D eigenvalue weighted by Crippen LogP contribution is 2.43. The van der Waals surface area contributed by atoms with Gasteiger partial charge in [-0.3, -0.25) is 0 Å². The smallest absolute Gasteiger partial charge is 0.356 e. The van der Waals surface area contributed by atoms with Crippen LogP contribution in [0.2, 0.25) is 0 Å². The maximum atomic E-state index is 14.1. The summed E-state index contributed by atoms with van der Waals surface area (Å²) in [6, 6.07) is -0.143. The zero-order valence-corrected chi connectivity index (χ0v) is 14.3. The molecule has 26 heavy (non-hydrogen) atoms. The molecule has 142 valence electrons. The van der Waals surface area contributed by atoms with Crippen molar-refractivity contribution in [2.45, 2.75) is 30.0 Å². The Morgan fingerprint density at radius 2 is 1.96 bits per heavy atom. The summed E-state index contributed by atoms with van der Waals surface area (Å²) >= 11 is 0. The van der Waals surface area contributed by atoms with Gasteiger partial charge in [0.1, 0.15) is 22.6 Å². The van der Waals surface area contributed by atoms with Gasteiger partial charge in [0, 0.05) is 25.6 Å². The lowest BCUT2D eigenvalue weighted by Gasteiger charge is -2.40. The second kappa shape index (κ2) is 5.81. The topological polar surface area (TPSA) is 73.8 Å². The number of halogens is 4. The van der Waals surface area contributed by atoms with E-state index in [0.717, 1.165) is 29.9 Å². The molecule has 0 spiro atoms. The molecule has 6 nitrogen and oxygen atoms in total. The lowest BCUT2D eigenvalue weighted by atomic mass is 10.1. The van der Waals surface area contributed by atoms with E-state index in [1.807, 2.05) is 0 Å². The Balaban J connectivity index is 1.85. The first-order chi connectivity index (χ1) is 12.2. The number of hydrogen-bond donors (Lipinski definition) is 2. The quantitative estimate of drug-likeness (QED) is 0.754. The number of fused-ring (bicyclic) bond motifs is 1. The van der Waals surface area contributed by atoms with Gasteiger partial charge in [0.2, 0.25) is 0 Å². The molecule has 4 rings (SSSR count). The van der Waals surface area contributed by atoms with Gasteiger partial charge in [0.15, 0.2) is 0 Å². The number of piperazine rings is 1. The van der Waals surface area contributed by atoms with Gasteiger partial charge in [-0.05, 0) is 25.0 Å². The second-order valence-electron chi connectivity index (χ2n) is 6.60. The fraction of sp³-hybridized carbons (Fsp3) is 0.533. The standard InChI is InChI=1S/C15H16F4N4O2S/c16-9-5-10(23-4-3-20-7-12(23)15(17,18)19)13-11(6-9)26(24,25)22-14(21-13)8-1-2-8/h5-6,8,12,20H,1-4,7H2,(H,21,22)/t12-/m1/s1. The van der Waals surface area contributed by atoms with E-state index in [0.29, 0.717) is 0 Å². The van der Waals surface area contributed by atoms with Crippen LogP contribution in [0.25, 0.3) is 0 Å². The van der Waals surface area contributed by atoms with Crippen LogP contribution in [0.15, 0.2) is 21.4 Å². The van der Waals surface area contributed by atoms with Crippen molar-refractivity contribution < 1.29 is 26.0 Å². The Morgan fingerprint density at radius 1 is 1.23 bits per heavy atom. The Labute approximate surface area is 147 Å². The van der Waals surface area contributed by atoms with Gasteiger partial charge >= 0.3 is 6.18 Å². The van der Waals surface area contributed by atoms with Crippen molar-refractivity contribution in [3.8, 4) is 0 Å². The molecule has 1 saturated carbocycles. The molecule has 0 bridgehead atoms. The van der Waals surface area contributed by atoms with Crippen molar-refractivity contribution in [3.63, 3.8) is 0 Å². The molecule has 1 aromatic carbocycles. The van der Waals surface area contributed by atoms with E-state index in [1.54, 1.807) is 0 Å². The zero-order valence-electron chi connectivity index (χ0n) is 13.5. The molecule has 1 saturated heterocycles. The summed E-state index contributed by atoms with van der Waals surface area (Å²) in [5.41, 5.74) is -0.139. The van der Waals surface area contributed by atoms with Crippen molar-refractivity contribution in [1.29, 1.82) is 0 Å². The van der Waals surface area contributed by atoms with Gasteiger partial charge in [-0.1, -0.05) is 0 Å². The summed E-state index contributed by atoms with van der Waals surface area (Å²) < 4.78 is 82.9. The number of sulfonamides is 1. The van der Waals surface area contributed by atoms with E-state index >= 15 is 0 Å². The van der Waals surface area contributed by atoms with Crippen molar-refractivity contribution in [2.24, 2.45) is 10.3 Å². The minimum absolute atomic E-state index is 0.0283. The molecular formula is C15H16F4N4O2S. The number of rotatable bonds is 2. The molecule has 0 amide bonds. The Morgan fingerprint density at radius 3 is 2.62 bits per heavy atom. The predicted octanol–water partition coefficient (Wildman–Crippen LogP) is 2.09. The van der Waals surface area contributed by atoms with Gasteiger partial charge in [-0.2, -0.15) is 21.6 Å². The Bertz CT molecular complexity index is 880. The molecule has 3 aliphatic rings. The van der Waals surface area contributed by atoms with Gasteiger partial charge < -0.3 is 15.5 Å². The van der Waals surface area contributed by atoms with Crippen LogP contribution in [0.3, 0.4) is 0 Å². The van der Waals surface area contributed by atoms with Crippen LogP contribution in [0.1, 0.15) is 12.8 Å². The fourth-order valence-corrected chi connectivity index (χ4v) is 4.50. The highest BCUT2D eigenvalue weighted by Gasteiger charge is 2.46. The van der Waals surface area contributed by atoms with E-state index in [4.69, 9.17) is 0 Å². The third-order valence-electron chi connectivity index (χ3n) is 4.69.